The Hall–Kier alpha value is -8.09. The molecule has 3 aromatic heterocycles. The monoisotopic (exact) mass is 923 g/mol. The minimum atomic E-state index is -2.81. The minimum Gasteiger partial charge on any atom is -0.457 e. The number of ether oxygens (including phenoxy) is 1. The largest absolute Gasteiger partial charge is 0.457 e. The number of pyridine rings is 1. The highest BCUT2D eigenvalue weighted by atomic mass is 16.5. The van der Waals surface area contributed by atoms with Gasteiger partial charge >= 0.3 is 0 Å². The Labute approximate surface area is 426 Å². The molecule has 4 heterocycles. The fourth-order valence-electron chi connectivity index (χ4n) is 10.1. The number of aromatic nitrogens is 3. The zero-order valence-electron chi connectivity index (χ0n) is 50.9. The number of aryl methyl sites for hydroxylation is 2. The summed E-state index contributed by atoms with van der Waals surface area (Å²) in [7, 11) is 0. The van der Waals surface area contributed by atoms with Crippen molar-refractivity contribution in [2.24, 2.45) is 0 Å². The highest BCUT2D eigenvalue weighted by Gasteiger charge is 2.32. The summed E-state index contributed by atoms with van der Waals surface area (Å²) in [5.41, 5.74) is 8.77. The van der Waals surface area contributed by atoms with Crippen LogP contribution in [0.25, 0.3) is 66.2 Å². The van der Waals surface area contributed by atoms with E-state index < -0.39 is 43.9 Å². The molecule has 0 atom stereocenters. The lowest BCUT2D eigenvalue weighted by Gasteiger charge is -2.29. The lowest BCUT2D eigenvalue weighted by atomic mass is 9.80. The summed E-state index contributed by atoms with van der Waals surface area (Å²) >= 11 is 0. The van der Waals surface area contributed by atoms with Crippen molar-refractivity contribution < 1.29 is 19.8 Å². The zero-order valence-corrected chi connectivity index (χ0v) is 39.9. The molecule has 11 aromatic rings. The third-order valence-corrected chi connectivity index (χ3v) is 13.6. The molecule has 0 saturated heterocycles. The van der Waals surface area contributed by atoms with Gasteiger partial charge in [-0.2, -0.15) is 0 Å². The van der Waals surface area contributed by atoms with Gasteiger partial charge < -0.3 is 19.1 Å². The molecule has 12 rings (SSSR count). The van der Waals surface area contributed by atoms with E-state index in [2.05, 4.69) is 104 Å². The minimum absolute atomic E-state index is 0.0992. The second-order valence-electron chi connectivity index (χ2n) is 20.2. The van der Waals surface area contributed by atoms with Gasteiger partial charge in [-0.25, -0.2) is 4.98 Å². The van der Waals surface area contributed by atoms with Crippen molar-refractivity contribution in [2.75, 3.05) is 16.5 Å². The maximum Gasteiger partial charge on any atom is 0.137 e. The lowest BCUT2D eigenvalue weighted by molar-refractivity contribution is 0.483. The fraction of sp³-hybridized carbons (Fsp3) is 0.172. The maximum absolute atomic E-state index is 8.81. The van der Waals surface area contributed by atoms with Gasteiger partial charge in [-0.1, -0.05) is 138 Å². The van der Waals surface area contributed by atoms with Gasteiger partial charge in [0, 0.05) is 65.0 Å². The van der Waals surface area contributed by atoms with Crippen LogP contribution >= 0.6 is 0 Å². The molecule has 1 aliphatic rings. The molecule has 8 aromatic carbocycles. The Morgan fingerprint density at radius 3 is 1.90 bits per heavy atom. The number of para-hydroxylation sites is 3. The number of hydrogen-bond acceptors (Lipinski definition) is 4. The Bertz CT molecular complexity index is 4280. The molecule has 0 amide bonds. The van der Waals surface area contributed by atoms with E-state index in [0.29, 0.717) is 34.9 Å². The molecule has 0 N–H and O–H groups in total. The van der Waals surface area contributed by atoms with E-state index in [9.17, 15) is 0 Å². The van der Waals surface area contributed by atoms with Crippen LogP contribution in [-0.2, 0) is 10.8 Å². The van der Waals surface area contributed by atoms with Crippen LogP contribution in [-0.4, -0.2) is 20.8 Å². The predicted octanol–water partition coefficient (Wildman–Crippen LogP) is 17.2. The van der Waals surface area contributed by atoms with Gasteiger partial charge in [0.1, 0.15) is 24.0 Å². The molecule has 0 fully saturated rings. The SMILES string of the molecule is [2H]c1c([2H])c([2H])c(-c2cnc(-n3c4cc(Oc5cccc(N6CN(c7cc(C(C)(C)C)cc(C(C)(C)C)c7)c7c6cccc7C([2H])([2H])[2H])c5)ccc4c4c(-n5c6ccccc6c6ccccc65)cccc43)cc2C([2H])([2H])[2H])c([2H])c1[2H]. The van der Waals surface area contributed by atoms with Crippen LogP contribution in [0.5, 0.6) is 11.5 Å². The fourth-order valence-corrected chi connectivity index (χ4v) is 10.1. The van der Waals surface area contributed by atoms with Gasteiger partial charge in [-0.15, -0.1) is 0 Å². The van der Waals surface area contributed by atoms with E-state index in [4.69, 9.17) is 24.8 Å². The first-order valence-corrected chi connectivity index (χ1v) is 23.6. The van der Waals surface area contributed by atoms with E-state index in [1.165, 1.54) is 12.3 Å². The molecular formula is C64H57N5O. The molecule has 6 heteroatoms. The van der Waals surface area contributed by atoms with Crippen LogP contribution in [0.3, 0.4) is 0 Å². The van der Waals surface area contributed by atoms with Gasteiger partial charge in [-0.05, 0) is 125 Å². The van der Waals surface area contributed by atoms with E-state index in [1.54, 1.807) is 12.1 Å². The highest BCUT2D eigenvalue weighted by molar-refractivity contribution is 6.16. The molecule has 344 valence electrons. The molecule has 0 aliphatic carbocycles. The second kappa shape index (κ2) is 16.3. The molecule has 0 saturated carbocycles. The summed E-state index contributed by atoms with van der Waals surface area (Å²) in [5, 5.41) is 3.80. The van der Waals surface area contributed by atoms with Crippen LogP contribution in [0.15, 0.2) is 188 Å². The van der Waals surface area contributed by atoms with E-state index in [-0.39, 0.29) is 38.9 Å². The van der Waals surface area contributed by atoms with Gasteiger partial charge in [0.05, 0.1) is 46.0 Å². The summed E-state index contributed by atoms with van der Waals surface area (Å²) in [6.45, 7) is 8.22. The quantitative estimate of drug-likeness (QED) is 0.160. The standard InChI is InChI=1S/C64H57N5O/c1-41-19-16-30-58-62(41)67(47-35-44(63(3,4)5)34-45(36-47)64(6,7)8)40-66(58)46-22-17-23-48(37-46)70-49-31-32-52-59(38-49)69(60-33-42(2)53(39-65-60)43-20-10-9-11-21-43)57-29-18-28-56(61(52)57)68-54-26-14-12-24-50(54)51-25-13-15-27-55(51)68/h9-39H,40H2,1-8H3/i1D3,2D3,9D,10D,11D,20D,21D. The molecule has 0 unspecified atom stereocenters. The average molecular weight is 923 g/mol. The summed E-state index contributed by atoms with van der Waals surface area (Å²) in [6.07, 6.45) is 1.29. The molecule has 6 nitrogen and oxygen atoms in total. The molecule has 1 aliphatic heterocycles. The number of anilines is 4. The lowest BCUT2D eigenvalue weighted by Crippen LogP contribution is -2.25. The first-order chi connectivity index (χ1) is 38.3. The summed E-state index contributed by atoms with van der Waals surface area (Å²) in [6, 6.07) is 46.5. The zero-order chi connectivity index (χ0) is 57.4. The van der Waals surface area contributed by atoms with Gasteiger partial charge in [0.2, 0.25) is 0 Å². The van der Waals surface area contributed by atoms with Crippen molar-refractivity contribution in [3.8, 4) is 34.1 Å². The molecular weight excluding hydrogens is 855 g/mol. The summed E-state index contributed by atoms with van der Waals surface area (Å²) in [5.74, 6) is 1.17. The van der Waals surface area contributed by atoms with Crippen molar-refractivity contribution in [3.05, 3.63) is 210 Å². The normalized spacial score (nSPS) is 15.7. The van der Waals surface area contributed by atoms with Crippen LogP contribution in [0.4, 0.5) is 22.7 Å². The summed E-state index contributed by atoms with van der Waals surface area (Å²) in [4.78, 5) is 9.10. The number of hydrogen-bond donors (Lipinski definition) is 0. The van der Waals surface area contributed by atoms with Crippen molar-refractivity contribution in [2.45, 2.75) is 66.1 Å². The van der Waals surface area contributed by atoms with Crippen LogP contribution in [0, 0.1) is 13.7 Å². The Kier molecular flexibility index (Phi) is 7.58. The second-order valence-corrected chi connectivity index (χ2v) is 20.2. The van der Waals surface area contributed by atoms with Crippen molar-refractivity contribution >= 4 is 66.4 Å². The van der Waals surface area contributed by atoms with Gasteiger partial charge in [0.25, 0.3) is 0 Å². The topological polar surface area (TPSA) is 38.5 Å². The molecule has 0 spiro atoms. The number of fused-ring (bicyclic) bond motifs is 7. The first-order valence-electron chi connectivity index (χ1n) is 29.1. The van der Waals surface area contributed by atoms with E-state index >= 15 is 0 Å². The third-order valence-electron chi connectivity index (χ3n) is 13.6. The number of rotatable bonds is 7. The van der Waals surface area contributed by atoms with Gasteiger partial charge in [0.15, 0.2) is 0 Å². The Morgan fingerprint density at radius 2 is 1.19 bits per heavy atom. The highest BCUT2D eigenvalue weighted by Crippen LogP contribution is 2.48. The van der Waals surface area contributed by atoms with Crippen molar-refractivity contribution in [1.29, 1.82) is 0 Å². The van der Waals surface area contributed by atoms with Gasteiger partial charge in [-0.3, -0.25) is 4.57 Å². The van der Waals surface area contributed by atoms with Crippen LogP contribution in [0.1, 0.15) is 78.9 Å². The Morgan fingerprint density at radius 1 is 0.529 bits per heavy atom. The number of nitrogens with zero attached hydrogens (tertiary/aromatic N) is 5. The summed E-state index contributed by atoms with van der Waals surface area (Å²) < 4.78 is 106. The van der Waals surface area contributed by atoms with Crippen molar-refractivity contribution in [1.82, 2.24) is 14.1 Å². The smallest absolute Gasteiger partial charge is 0.137 e. The van der Waals surface area contributed by atoms with E-state index in [0.717, 1.165) is 66.5 Å². The van der Waals surface area contributed by atoms with E-state index in [1.807, 2.05) is 89.5 Å². The van der Waals surface area contributed by atoms with Crippen LogP contribution < -0.4 is 14.5 Å². The average Bonchev–Trinajstić information content (AvgIpc) is 2.76. The van der Waals surface area contributed by atoms with Crippen LogP contribution in [0.2, 0.25) is 0 Å². The molecule has 70 heavy (non-hydrogen) atoms. The Balaban J connectivity index is 1.02. The maximum atomic E-state index is 8.81. The first kappa shape index (κ1) is 32.6. The molecule has 0 bridgehead atoms. The third kappa shape index (κ3) is 7.20. The van der Waals surface area contributed by atoms with Crippen molar-refractivity contribution in [3.63, 3.8) is 0 Å². The number of benzene rings is 8. The molecule has 0 radical (unpaired) electrons. The predicted molar refractivity (Wildman–Crippen MR) is 294 cm³/mol.